The molecule has 0 atom stereocenters. The van der Waals surface area contributed by atoms with Crippen molar-refractivity contribution in [3.05, 3.63) is 24.5 Å². The SMILES string of the molecule is CCNC(=NCCOc1cccnc1)NC1CCN(C2CCCCC2)CC1. The number of nitrogens with zero attached hydrogens (tertiary/aromatic N) is 3. The smallest absolute Gasteiger partial charge is 0.191 e. The zero-order valence-corrected chi connectivity index (χ0v) is 16.7. The van der Waals surface area contributed by atoms with Gasteiger partial charge >= 0.3 is 0 Å². The molecule has 2 N–H and O–H groups in total. The number of pyridine rings is 1. The van der Waals surface area contributed by atoms with Gasteiger partial charge < -0.3 is 20.3 Å². The van der Waals surface area contributed by atoms with Crippen LogP contribution >= 0.6 is 0 Å². The summed E-state index contributed by atoms with van der Waals surface area (Å²) in [6, 6.07) is 5.15. The van der Waals surface area contributed by atoms with Crippen molar-refractivity contribution in [2.45, 2.75) is 64.0 Å². The predicted octanol–water partition coefficient (Wildman–Crippen LogP) is 2.81. The molecule has 0 spiro atoms. The number of guanidine groups is 1. The summed E-state index contributed by atoms with van der Waals surface area (Å²) in [5, 5.41) is 6.98. The van der Waals surface area contributed by atoms with Crippen LogP contribution in [0.2, 0.25) is 0 Å². The van der Waals surface area contributed by atoms with Crippen molar-refractivity contribution in [1.82, 2.24) is 20.5 Å². The largest absolute Gasteiger partial charge is 0.490 e. The number of hydrogen-bond acceptors (Lipinski definition) is 4. The highest BCUT2D eigenvalue weighted by Crippen LogP contribution is 2.25. The highest BCUT2D eigenvalue weighted by Gasteiger charge is 2.26. The van der Waals surface area contributed by atoms with Crippen molar-refractivity contribution < 1.29 is 4.74 Å². The Bertz CT molecular complexity index is 551. The van der Waals surface area contributed by atoms with Gasteiger partial charge in [-0.05, 0) is 44.7 Å². The van der Waals surface area contributed by atoms with E-state index < -0.39 is 0 Å². The molecule has 150 valence electrons. The van der Waals surface area contributed by atoms with Crippen LogP contribution in [0.1, 0.15) is 51.9 Å². The van der Waals surface area contributed by atoms with Crippen LogP contribution < -0.4 is 15.4 Å². The average molecular weight is 374 g/mol. The standard InChI is InChI=1S/C21H35N5O/c1-2-23-21(24-13-16-27-20-9-6-12-22-17-20)25-18-10-14-26(15-11-18)19-7-4-3-5-8-19/h6,9,12,17-19H,2-5,7-8,10-11,13-16H2,1H3,(H2,23,24,25). The Hall–Kier alpha value is -1.82. The van der Waals surface area contributed by atoms with E-state index in [2.05, 4.69) is 32.4 Å². The van der Waals surface area contributed by atoms with Gasteiger partial charge in [0, 0.05) is 37.9 Å². The van der Waals surface area contributed by atoms with Gasteiger partial charge in [-0.25, -0.2) is 4.99 Å². The first kappa shape index (κ1) is 19.9. The first-order valence-corrected chi connectivity index (χ1v) is 10.7. The third-order valence-corrected chi connectivity index (χ3v) is 5.57. The average Bonchev–Trinajstić information content (AvgIpc) is 2.73. The van der Waals surface area contributed by atoms with Gasteiger partial charge in [0.2, 0.25) is 0 Å². The molecule has 1 saturated heterocycles. The molecule has 1 saturated carbocycles. The van der Waals surface area contributed by atoms with Crippen LogP contribution in [0.4, 0.5) is 0 Å². The molecule has 3 rings (SSSR count). The molecule has 6 nitrogen and oxygen atoms in total. The van der Waals surface area contributed by atoms with E-state index in [1.165, 1.54) is 58.0 Å². The van der Waals surface area contributed by atoms with Gasteiger partial charge in [0.25, 0.3) is 0 Å². The van der Waals surface area contributed by atoms with Crippen LogP contribution in [-0.2, 0) is 0 Å². The Kier molecular flexibility index (Phi) is 8.21. The number of piperidine rings is 1. The summed E-state index contributed by atoms with van der Waals surface area (Å²) in [6.45, 7) is 6.59. The van der Waals surface area contributed by atoms with Gasteiger partial charge in [0.15, 0.2) is 5.96 Å². The number of likely N-dealkylation sites (tertiary alicyclic amines) is 1. The second kappa shape index (κ2) is 11.1. The Morgan fingerprint density at radius 1 is 1.22 bits per heavy atom. The molecule has 0 amide bonds. The minimum Gasteiger partial charge on any atom is -0.490 e. The van der Waals surface area contributed by atoms with Crippen LogP contribution in [0, 0.1) is 0 Å². The van der Waals surface area contributed by atoms with Crippen LogP contribution in [0.25, 0.3) is 0 Å². The maximum Gasteiger partial charge on any atom is 0.191 e. The molecule has 1 aliphatic carbocycles. The number of nitrogens with one attached hydrogen (secondary N) is 2. The van der Waals surface area contributed by atoms with Crippen LogP contribution in [-0.4, -0.2) is 60.7 Å². The third-order valence-electron chi connectivity index (χ3n) is 5.57. The molecule has 2 aliphatic rings. The maximum atomic E-state index is 5.67. The van der Waals surface area contributed by atoms with Gasteiger partial charge in [-0.2, -0.15) is 0 Å². The zero-order valence-electron chi connectivity index (χ0n) is 16.7. The normalized spacial score (nSPS) is 20.4. The molecular weight excluding hydrogens is 338 g/mol. The predicted molar refractivity (Wildman–Crippen MR) is 110 cm³/mol. The van der Waals surface area contributed by atoms with E-state index in [1.807, 2.05) is 12.1 Å². The lowest BCUT2D eigenvalue weighted by Gasteiger charge is -2.39. The molecule has 2 fully saturated rings. The molecule has 1 aromatic heterocycles. The third kappa shape index (κ3) is 6.69. The first-order chi connectivity index (χ1) is 13.3. The lowest BCUT2D eigenvalue weighted by atomic mass is 9.92. The van der Waals surface area contributed by atoms with Crippen LogP contribution in [0.3, 0.4) is 0 Å². The highest BCUT2D eigenvalue weighted by atomic mass is 16.5. The fraction of sp³-hybridized carbons (Fsp3) is 0.714. The molecule has 0 radical (unpaired) electrons. The van der Waals surface area contributed by atoms with E-state index in [9.17, 15) is 0 Å². The quantitative estimate of drug-likeness (QED) is 0.437. The van der Waals surface area contributed by atoms with Gasteiger partial charge in [0.1, 0.15) is 12.4 Å². The van der Waals surface area contributed by atoms with E-state index in [0.717, 1.165) is 24.3 Å². The summed E-state index contributed by atoms with van der Waals surface area (Å²) in [5.74, 6) is 1.70. The van der Waals surface area contributed by atoms with Gasteiger partial charge in [-0.3, -0.25) is 4.98 Å². The van der Waals surface area contributed by atoms with Crippen molar-refractivity contribution in [3.63, 3.8) is 0 Å². The fourth-order valence-corrected chi connectivity index (χ4v) is 4.12. The molecule has 0 unspecified atom stereocenters. The Morgan fingerprint density at radius 2 is 2.04 bits per heavy atom. The van der Waals surface area contributed by atoms with E-state index in [-0.39, 0.29) is 0 Å². The number of ether oxygens (including phenoxy) is 1. The van der Waals surface area contributed by atoms with Gasteiger partial charge in [-0.15, -0.1) is 0 Å². The first-order valence-electron chi connectivity index (χ1n) is 10.7. The Labute approximate surface area is 163 Å². The van der Waals surface area contributed by atoms with Crippen molar-refractivity contribution in [2.75, 3.05) is 32.8 Å². The maximum absolute atomic E-state index is 5.67. The van der Waals surface area contributed by atoms with E-state index in [4.69, 9.17) is 4.74 Å². The van der Waals surface area contributed by atoms with Crippen molar-refractivity contribution >= 4 is 5.96 Å². The van der Waals surface area contributed by atoms with E-state index in [0.29, 0.717) is 19.2 Å². The van der Waals surface area contributed by atoms with Crippen molar-refractivity contribution in [3.8, 4) is 5.75 Å². The molecule has 1 aromatic rings. The monoisotopic (exact) mass is 373 g/mol. The van der Waals surface area contributed by atoms with Gasteiger partial charge in [-0.1, -0.05) is 19.3 Å². The minimum atomic E-state index is 0.516. The minimum absolute atomic E-state index is 0.516. The molecule has 1 aliphatic heterocycles. The van der Waals surface area contributed by atoms with Crippen LogP contribution in [0.15, 0.2) is 29.5 Å². The zero-order chi connectivity index (χ0) is 18.7. The molecular formula is C21H35N5O. The summed E-state index contributed by atoms with van der Waals surface area (Å²) in [4.78, 5) is 11.4. The highest BCUT2D eigenvalue weighted by molar-refractivity contribution is 5.80. The Morgan fingerprint density at radius 3 is 2.74 bits per heavy atom. The van der Waals surface area contributed by atoms with Crippen molar-refractivity contribution in [1.29, 1.82) is 0 Å². The summed E-state index contributed by atoms with van der Waals surface area (Å²) < 4.78 is 5.67. The second-order valence-corrected chi connectivity index (χ2v) is 7.54. The molecule has 27 heavy (non-hydrogen) atoms. The summed E-state index contributed by atoms with van der Waals surface area (Å²) >= 11 is 0. The lowest BCUT2D eigenvalue weighted by molar-refractivity contribution is 0.119. The number of aromatic nitrogens is 1. The topological polar surface area (TPSA) is 61.8 Å². The van der Waals surface area contributed by atoms with E-state index >= 15 is 0 Å². The number of aliphatic imine (C=N–C) groups is 1. The second-order valence-electron chi connectivity index (χ2n) is 7.54. The Balaban J connectivity index is 1.39. The molecule has 0 bridgehead atoms. The van der Waals surface area contributed by atoms with Gasteiger partial charge in [0.05, 0.1) is 12.7 Å². The van der Waals surface area contributed by atoms with Crippen molar-refractivity contribution in [2.24, 2.45) is 4.99 Å². The molecule has 0 aromatic carbocycles. The number of hydrogen-bond donors (Lipinski definition) is 2. The lowest BCUT2D eigenvalue weighted by Crippen LogP contribution is -2.51. The fourth-order valence-electron chi connectivity index (χ4n) is 4.12. The summed E-state index contributed by atoms with van der Waals surface area (Å²) in [7, 11) is 0. The summed E-state index contributed by atoms with van der Waals surface area (Å²) in [5.41, 5.74) is 0. The van der Waals surface area contributed by atoms with Crippen LogP contribution in [0.5, 0.6) is 5.75 Å². The number of rotatable bonds is 7. The molecule has 6 heteroatoms. The molecule has 2 heterocycles. The van der Waals surface area contributed by atoms with E-state index in [1.54, 1.807) is 12.4 Å². The summed E-state index contributed by atoms with van der Waals surface area (Å²) in [6.07, 6.45) is 13.0.